The Kier molecular flexibility index (Phi) is 10.5. The number of ether oxygens (including phenoxy) is 4. The first kappa shape index (κ1) is 22.9. The molecule has 1 unspecified atom stereocenters. The number of nitrogens with zero attached hydrogens (tertiary/aromatic N) is 1. The van der Waals surface area contributed by atoms with E-state index in [9.17, 15) is 4.55 Å². The summed E-state index contributed by atoms with van der Waals surface area (Å²) in [5, 5.41) is 0. The van der Waals surface area contributed by atoms with Crippen molar-refractivity contribution in [1.29, 1.82) is 0 Å². The second-order valence-electron chi connectivity index (χ2n) is 7.19. The van der Waals surface area contributed by atoms with Crippen LogP contribution in [0.2, 0.25) is 0 Å². The molecule has 7 heteroatoms. The van der Waals surface area contributed by atoms with E-state index in [1.54, 1.807) is 7.11 Å². The summed E-state index contributed by atoms with van der Waals surface area (Å²) in [5.41, 5.74) is 0.566. The summed E-state index contributed by atoms with van der Waals surface area (Å²) in [6, 6.07) is 0. The number of unbranched alkanes of at least 4 members (excludes halogenated alkanes) is 2. The fourth-order valence-electron chi connectivity index (χ4n) is 2.25. The zero-order valence-corrected chi connectivity index (χ0v) is 17.4. The highest BCUT2D eigenvalue weighted by Crippen LogP contribution is 2.26. The predicted octanol–water partition coefficient (Wildman–Crippen LogP) is 3.26. The van der Waals surface area contributed by atoms with Gasteiger partial charge in [0.2, 0.25) is 6.29 Å². The molecule has 0 bridgehead atoms. The van der Waals surface area contributed by atoms with Crippen molar-refractivity contribution in [2.24, 2.45) is 4.40 Å². The quantitative estimate of drug-likeness (QED) is 0.408. The van der Waals surface area contributed by atoms with Crippen LogP contribution in [-0.2, 0) is 30.3 Å². The lowest BCUT2D eigenvalue weighted by molar-refractivity contribution is -0.128. The Morgan fingerprint density at radius 1 is 1.16 bits per heavy atom. The van der Waals surface area contributed by atoms with E-state index in [4.69, 9.17) is 18.9 Å². The molecule has 0 aromatic rings. The molecule has 1 heterocycles. The fraction of sp³-hybridized carbons (Fsp3) is 0.944. The topological polar surface area (TPSA) is 72.3 Å². The molecule has 0 saturated carbocycles. The summed E-state index contributed by atoms with van der Waals surface area (Å²) < 4.78 is 39.5. The van der Waals surface area contributed by atoms with Crippen LogP contribution in [-0.4, -0.2) is 60.4 Å². The molecular weight excluding hydrogens is 342 g/mol. The van der Waals surface area contributed by atoms with Crippen LogP contribution in [0.3, 0.4) is 0 Å². The molecule has 25 heavy (non-hydrogen) atoms. The SMILES string of the molecule is CCCCOC[C@H]1O[C@H](OC)/C(=N\[S+]([O-])C(C)(C)C)[C@@H]1OCCCC. The first-order valence-corrected chi connectivity index (χ1v) is 10.3. The Morgan fingerprint density at radius 3 is 2.36 bits per heavy atom. The highest BCUT2D eigenvalue weighted by atomic mass is 32.2. The number of hydrogen-bond acceptors (Lipinski definition) is 6. The van der Waals surface area contributed by atoms with Crippen LogP contribution < -0.4 is 0 Å². The molecule has 1 saturated heterocycles. The van der Waals surface area contributed by atoms with Crippen LogP contribution in [0, 0.1) is 0 Å². The molecule has 0 aromatic carbocycles. The van der Waals surface area contributed by atoms with E-state index in [1.807, 2.05) is 20.8 Å². The third-order valence-corrected chi connectivity index (χ3v) is 5.24. The van der Waals surface area contributed by atoms with Gasteiger partial charge in [-0.05, 0) is 33.6 Å². The molecule has 1 fully saturated rings. The second-order valence-corrected chi connectivity index (χ2v) is 9.10. The third-order valence-electron chi connectivity index (χ3n) is 3.81. The molecule has 0 amide bonds. The Labute approximate surface area is 156 Å². The van der Waals surface area contributed by atoms with Gasteiger partial charge in [0.25, 0.3) is 0 Å². The molecule has 1 aliphatic heterocycles. The Balaban J connectivity index is 2.88. The van der Waals surface area contributed by atoms with Gasteiger partial charge in [-0.1, -0.05) is 31.1 Å². The van der Waals surface area contributed by atoms with Crippen LogP contribution >= 0.6 is 0 Å². The molecule has 0 radical (unpaired) electrons. The Morgan fingerprint density at radius 2 is 1.80 bits per heavy atom. The summed E-state index contributed by atoms with van der Waals surface area (Å²) in [6.07, 6.45) is 2.76. The van der Waals surface area contributed by atoms with Gasteiger partial charge >= 0.3 is 0 Å². The molecule has 1 rings (SSSR count). The molecule has 148 valence electrons. The summed E-state index contributed by atoms with van der Waals surface area (Å²) in [5.74, 6) is 0. The highest BCUT2D eigenvalue weighted by molar-refractivity contribution is 7.91. The van der Waals surface area contributed by atoms with Gasteiger partial charge in [0.05, 0.1) is 6.61 Å². The van der Waals surface area contributed by atoms with Crippen molar-refractivity contribution in [3.8, 4) is 0 Å². The number of methoxy groups -OCH3 is 1. The minimum atomic E-state index is -1.39. The van der Waals surface area contributed by atoms with Crippen LogP contribution in [0.25, 0.3) is 0 Å². The minimum Gasteiger partial charge on any atom is -0.591 e. The largest absolute Gasteiger partial charge is 0.591 e. The average Bonchev–Trinajstić information content (AvgIpc) is 2.88. The Hall–Kier alpha value is -0.180. The van der Waals surface area contributed by atoms with E-state index < -0.39 is 22.4 Å². The molecule has 6 nitrogen and oxygen atoms in total. The molecule has 0 N–H and O–H groups in total. The summed E-state index contributed by atoms with van der Waals surface area (Å²) in [7, 11) is 1.56. The molecule has 1 aliphatic rings. The summed E-state index contributed by atoms with van der Waals surface area (Å²) in [4.78, 5) is 0. The maximum Gasteiger partial charge on any atom is 0.204 e. The van der Waals surface area contributed by atoms with Crippen molar-refractivity contribution in [1.82, 2.24) is 0 Å². The van der Waals surface area contributed by atoms with Crippen molar-refractivity contribution in [2.45, 2.75) is 83.5 Å². The van der Waals surface area contributed by atoms with Gasteiger partial charge in [0.15, 0.2) is 5.71 Å². The molecule has 0 aliphatic carbocycles. The maximum absolute atomic E-state index is 12.5. The van der Waals surface area contributed by atoms with Crippen molar-refractivity contribution >= 4 is 17.1 Å². The summed E-state index contributed by atoms with van der Waals surface area (Å²) >= 11 is -1.39. The number of hydrogen-bond donors (Lipinski definition) is 0. The average molecular weight is 378 g/mol. The predicted molar refractivity (Wildman–Crippen MR) is 101 cm³/mol. The zero-order chi connectivity index (χ0) is 18.9. The first-order chi connectivity index (χ1) is 11.8. The lowest BCUT2D eigenvalue weighted by Crippen LogP contribution is -2.37. The monoisotopic (exact) mass is 377 g/mol. The van der Waals surface area contributed by atoms with E-state index in [2.05, 4.69) is 18.2 Å². The van der Waals surface area contributed by atoms with Gasteiger partial charge in [-0.3, -0.25) is 0 Å². The van der Waals surface area contributed by atoms with Gasteiger partial charge in [0, 0.05) is 20.3 Å². The highest BCUT2D eigenvalue weighted by Gasteiger charge is 2.45. The lowest BCUT2D eigenvalue weighted by atomic mass is 10.1. The van der Waals surface area contributed by atoms with Gasteiger partial charge < -0.3 is 23.5 Å². The summed E-state index contributed by atoms with van der Waals surface area (Å²) in [6.45, 7) is 11.6. The van der Waals surface area contributed by atoms with E-state index in [-0.39, 0.29) is 12.2 Å². The van der Waals surface area contributed by atoms with Crippen LogP contribution in [0.1, 0.15) is 60.3 Å². The standard InChI is InChI=1S/C18H35NO5S/c1-7-9-11-22-13-14-16(23-12-10-8-2)15(17(21-6)24-14)19-25(20)18(3,4)5/h14,16-17H,7-13H2,1-6H3/b19-15-/t14-,16-,17+,25?/m1/s1. The van der Waals surface area contributed by atoms with Crippen molar-refractivity contribution < 1.29 is 23.5 Å². The van der Waals surface area contributed by atoms with Crippen molar-refractivity contribution in [3.05, 3.63) is 0 Å². The smallest absolute Gasteiger partial charge is 0.204 e. The van der Waals surface area contributed by atoms with Crippen molar-refractivity contribution in [3.63, 3.8) is 0 Å². The molecule has 4 atom stereocenters. The fourth-order valence-corrected chi connectivity index (χ4v) is 2.90. The van der Waals surface area contributed by atoms with Gasteiger partial charge in [-0.25, -0.2) is 0 Å². The second kappa shape index (κ2) is 11.5. The van der Waals surface area contributed by atoms with E-state index in [0.29, 0.717) is 25.5 Å². The molecular formula is C18H35NO5S. The van der Waals surface area contributed by atoms with E-state index >= 15 is 0 Å². The minimum absolute atomic E-state index is 0.297. The van der Waals surface area contributed by atoms with Gasteiger partial charge in [0.1, 0.15) is 28.3 Å². The molecule has 0 aromatic heterocycles. The van der Waals surface area contributed by atoms with Crippen LogP contribution in [0.4, 0.5) is 0 Å². The van der Waals surface area contributed by atoms with Crippen LogP contribution in [0.5, 0.6) is 0 Å². The zero-order valence-electron chi connectivity index (χ0n) is 16.6. The van der Waals surface area contributed by atoms with E-state index in [0.717, 1.165) is 25.7 Å². The van der Waals surface area contributed by atoms with Gasteiger partial charge in [-0.2, -0.15) is 0 Å². The molecule has 0 spiro atoms. The maximum atomic E-state index is 12.5. The Bertz CT molecular complexity index is 399. The van der Waals surface area contributed by atoms with E-state index in [1.165, 1.54) is 0 Å². The normalized spacial score (nSPS) is 27.2. The lowest BCUT2D eigenvalue weighted by Gasteiger charge is -2.21. The van der Waals surface area contributed by atoms with Crippen LogP contribution in [0.15, 0.2) is 4.40 Å². The third kappa shape index (κ3) is 7.53. The number of rotatable bonds is 11. The van der Waals surface area contributed by atoms with Crippen molar-refractivity contribution in [2.75, 3.05) is 26.9 Å². The van der Waals surface area contributed by atoms with Gasteiger partial charge in [-0.15, -0.1) is 0 Å². The first-order valence-electron chi connectivity index (χ1n) is 9.23.